The molecule has 0 aliphatic carbocycles. The number of hydrogen-bond acceptors (Lipinski definition) is 4. The van der Waals surface area contributed by atoms with E-state index >= 15 is 0 Å². The van der Waals surface area contributed by atoms with Crippen molar-refractivity contribution in [1.29, 1.82) is 0 Å². The van der Waals surface area contributed by atoms with Gasteiger partial charge in [-0.3, -0.25) is 9.97 Å². The van der Waals surface area contributed by atoms with E-state index in [1.165, 1.54) is 0 Å². The predicted molar refractivity (Wildman–Crippen MR) is 126 cm³/mol. The molecule has 3 aromatic carbocycles. The van der Waals surface area contributed by atoms with Crippen molar-refractivity contribution < 1.29 is 9.84 Å². The van der Waals surface area contributed by atoms with Crippen LogP contribution >= 0.6 is 23.2 Å². The van der Waals surface area contributed by atoms with Crippen molar-refractivity contribution in [2.24, 2.45) is 0 Å². The molecule has 31 heavy (non-hydrogen) atoms. The van der Waals surface area contributed by atoms with Gasteiger partial charge in [0.05, 0.1) is 21.1 Å². The zero-order valence-electron chi connectivity index (χ0n) is 16.4. The molecule has 5 rings (SSSR count). The molecule has 0 atom stereocenters. The van der Waals surface area contributed by atoms with Crippen LogP contribution in [-0.4, -0.2) is 15.1 Å². The number of hydrogen-bond donors (Lipinski definition) is 1. The van der Waals surface area contributed by atoms with Gasteiger partial charge in [0, 0.05) is 35.3 Å². The molecular weight excluding hydrogens is 431 g/mol. The van der Waals surface area contributed by atoms with E-state index in [4.69, 9.17) is 33.0 Å². The Morgan fingerprint density at radius 3 is 2.00 bits per heavy atom. The molecule has 0 fully saturated rings. The van der Waals surface area contributed by atoms with Gasteiger partial charge >= 0.3 is 0 Å². The quantitative estimate of drug-likeness (QED) is 0.320. The minimum absolute atomic E-state index is 0.206. The van der Waals surface area contributed by atoms with E-state index in [1.807, 2.05) is 48.5 Å². The SMILES string of the molecule is Clc1ccnc2cc(OCc3ccccc3)ccc12.Oc1ccc2c(Cl)ccnc2c1. The van der Waals surface area contributed by atoms with E-state index in [0.717, 1.165) is 27.6 Å². The number of phenolic OH excluding ortho intramolecular Hbond substituents is 1. The van der Waals surface area contributed by atoms with Crippen LogP contribution in [0.1, 0.15) is 5.56 Å². The summed E-state index contributed by atoms with van der Waals surface area (Å²) < 4.78 is 5.76. The van der Waals surface area contributed by atoms with Gasteiger partial charge in [0.15, 0.2) is 0 Å². The van der Waals surface area contributed by atoms with Crippen LogP contribution in [0.5, 0.6) is 11.5 Å². The molecule has 4 nitrogen and oxygen atoms in total. The summed E-state index contributed by atoms with van der Waals surface area (Å²) in [5.74, 6) is 1.00. The molecule has 0 amide bonds. The lowest BCUT2D eigenvalue weighted by Gasteiger charge is -2.07. The first-order valence-electron chi connectivity index (χ1n) is 9.54. The van der Waals surface area contributed by atoms with E-state index in [-0.39, 0.29) is 5.75 Å². The summed E-state index contributed by atoms with van der Waals surface area (Å²) >= 11 is 12.0. The summed E-state index contributed by atoms with van der Waals surface area (Å²) in [5.41, 5.74) is 2.70. The third kappa shape index (κ3) is 5.23. The molecule has 0 unspecified atom stereocenters. The van der Waals surface area contributed by atoms with Crippen molar-refractivity contribution in [3.63, 3.8) is 0 Å². The van der Waals surface area contributed by atoms with Gasteiger partial charge in [-0.25, -0.2) is 0 Å². The fourth-order valence-electron chi connectivity index (χ4n) is 3.03. The standard InChI is InChI=1S/C16H12ClNO.C9H6ClNO/c17-15-8-9-18-16-10-13(6-7-14(15)16)19-11-12-4-2-1-3-5-12;10-8-3-4-11-9-5-6(12)1-2-7(8)9/h1-10H,11H2;1-5,12H. The van der Waals surface area contributed by atoms with Gasteiger partial charge in [0.1, 0.15) is 18.1 Å². The normalized spacial score (nSPS) is 10.5. The Morgan fingerprint density at radius 2 is 1.32 bits per heavy atom. The average molecular weight is 449 g/mol. The first kappa shape index (κ1) is 20.9. The zero-order valence-corrected chi connectivity index (χ0v) is 17.9. The molecule has 1 N–H and O–H groups in total. The summed E-state index contributed by atoms with van der Waals surface area (Å²) in [6.07, 6.45) is 3.32. The average Bonchev–Trinajstić information content (AvgIpc) is 2.79. The van der Waals surface area contributed by atoms with Crippen LogP contribution < -0.4 is 4.74 Å². The predicted octanol–water partition coefficient (Wildman–Crippen LogP) is 7.06. The smallest absolute Gasteiger partial charge is 0.122 e. The van der Waals surface area contributed by atoms with Crippen molar-refractivity contribution in [2.45, 2.75) is 6.61 Å². The van der Waals surface area contributed by atoms with E-state index in [9.17, 15) is 0 Å². The van der Waals surface area contributed by atoms with Gasteiger partial charge in [-0.15, -0.1) is 0 Å². The lowest BCUT2D eigenvalue weighted by atomic mass is 10.2. The molecule has 0 aliphatic rings. The van der Waals surface area contributed by atoms with Gasteiger partial charge in [0.25, 0.3) is 0 Å². The third-order valence-corrected chi connectivity index (χ3v) is 5.24. The van der Waals surface area contributed by atoms with E-state index in [0.29, 0.717) is 22.2 Å². The largest absolute Gasteiger partial charge is 0.508 e. The van der Waals surface area contributed by atoms with E-state index in [1.54, 1.807) is 42.7 Å². The van der Waals surface area contributed by atoms with Gasteiger partial charge < -0.3 is 9.84 Å². The maximum Gasteiger partial charge on any atom is 0.122 e. The number of aromatic nitrogens is 2. The number of phenols is 1. The highest BCUT2D eigenvalue weighted by molar-refractivity contribution is 6.35. The van der Waals surface area contributed by atoms with E-state index < -0.39 is 0 Å². The number of pyridine rings is 2. The molecule has 0 spiro atoms. The molecular formula is C25H18Cl2N2O2. The van der Waals surface area contributed by atoms with Crippen LogP contribution in [0.2, 0.25) is 10.0 Å². The Morgan fingerprint density at radius 1 is 0.710 bits per heavy atom. The summed E-state index contributed by atoms with van der Waals surface area (Å²) in [6, 6.07) is 24.3. The maximum atomic E-state index is 9.14. The number of fused-ring (bicyclic) bond motifs is 2. The fraction of sp³-hybridized carbons (Fsp3) is 0.0400. The van der Waals surface area contributed by atoms with Gasteiger partial charge in [-0.1, -0.05) is 53.5 Å². The van der Waals surface area contributed by atoms with Crippen molar-refractivity contribution in [3.05, 3.63) is 107 Å². The van der Waals surface area contributed by atoms with Crippen molar-refractivity contribution in [3.8, 4) is 11.5 Å². The fourth-order valence-corrected chi connectivity index (χ4v) is 3.46. The first-order valence-corrected chi connectivity index (χ1v) is 10.3. The van der Waals surface area contributed by atoms with Crippen LogP contribution in [0.4, 0.5) is 0 Å². The van der Waals surface area contributed by atoms with Gasteiger partial charge in [-0.05, 0) is 42.0 Å². The number of halogens is 2. The second-order valence-corrected chi connectivity index (χ2v) is 7.55. The zero-order chi connectivity index (χ0) is 21.6. The van der Waals surface area contributed by atoms with Gasteiger partial charge in [-0.2, -0.15) is 0 Å². The molecule has 0 saturated carbocycles. The lowest BCUT2D eigenvalue weighted by molar-refractivity contribution is 0.306. The lowest BCUT2D eigenvalue weighted by Crippen LogP contribution is -1.95. The second kappa shape index (κ2) is 9.65. The maximum absolute atomic E-state index is 9.14. The van der Waals surface area contributed by atoms with Crippen LogP contribution in [0, 0.1) is 0 Å². The molecule has 5 aromatic rings. The van der Waals surface area contributed by atoms with Gasteiger partial charge in [0.2, 0.25) is 0 Å². The van der Waals surface area contributed by atoms with Crippen LogP contribution in [0.15, 0.2) is 91.3 Å². The highest BCUT2D eigenvalue weighted by atomic mass is 35.5. The number of aromatic hydroxyl groups is 1. The van der Waals surface area contributed by atoms with Crippen LogP contribution in [0.25, 0.3) is 21.8 Å². The number of ether oxygens (including phenoxy) is 1. The minimum Gasteiger partial charge on any atom is -0.508 e. The summed E-state index contributed by atoms with van der Waals surface area (Å²) in [6.45, 7) is 0.549. The summed E-state index contributed by atoms with van der Waals surface area (Å²) in [7, 11) is 0. The number of benzene rings is 3. The van der Waals surface area contributed by atoms with Crippen molar-refractivity contribution >= 4 is 45.0 Å². The Balaban J connectivity index is 0.000000166. The van der Waals surface area contributed by atoms with Crippen molar-refractivity contribution in [1.82, 2.24) is 9.97 Å². The number of rotatable bonds is 3. The molecule has 0 radical (unpaired) electrons. The topological polar surface area (TPSA) is 55.2 Å². The molecule has 0 saturated heterocycles. The summed E-state index contributed by atoms with van der Waals surface area (Å²) in [4.78, 5) is 8.35. The minimum atomic E-state index is 0.206. The Bertz CT molecular complexity index is 1330. The Labute approximate surface area is 189 Å². The van der Waals surface area contributed by atoms with Crippen molar-refractivity contribution in [2.75, 3.05) is 0 Å². The molecule has 154 valence electrons. The molecule has 6 heteroatoms. The number of nitrogens with zero attached hydrogens (tertiary/aromatic N) is 2. The third-order valence-electron chi connectivity index (χ3n) is 4.58. The second-order valence-electron chi connectivity index (χ2n) is 6.74. The Kier molecular flexibility index (Phi) is 6.51. The van der Waals surface area contributed by atoms with Crippen LogP contribution in [0.3, 0.4) is 0 Å². The highest BCUT2D eigenvalue weighted by Gasteiger charge is 2.02. The Hall–Kier alpha value is -3.34. The first-order chi connectivity index (χ1) is 15.1. The monoisotopic (exact) mass is 448 g/mol. The molecule has 0 aliphatic heterocycles. The molecule has 2 heterocycles. The highest BCUT2D eigenvalue weighted by Crippen LogP contribution is 2.26. The molecule has 2 aromatic heterocycles. The summed E-state index contributed by atoms with van der Waals surface area (Å²) in [5, 5.41) is 12.3. The molecule has 0 bridgehead atoms. The van der Waals surface area contributed by atoms with Crippen LogP contribution in [-0.2, 0) is 6.61 Å². The van der Waals surface area contributed by atoms with E-state index in [2.05, 4.69) is 9.97 Å².